The van der Waals surface area contributed by atoms with Gasteiger partial charge in [0.25, 0.3) is 0 Å². The van der Waals surface area contributed by atoms with Crippen molar-refractivity contribution >= 4 is 27.3 Å². The van der Waals surface area contributed by atoms with Crippen molar-refractivity contribution in [2.75, 3.05) is 0 Å². The fourth-order valence-electron chi connectivity index (χ4n) is 2.21. The Hall–Kier alpha value is -0.600. The molecule has 0 amide bonds. The fraction of sp³-hybridized carbons (Fsp3) is 0.412. The maximum atomic E-state index is 3.85. The van der Waals surface area contributed by atoms with Crippen molar-refractivity contribution in [2.24, 2.45) is 0 Å². The average molecular weight is 337 g/mol. The summed E-state index contributed by atoms with van der Waals surface area (Å²) in [6, 6.07) is 11.3. The molecule has 1 heterocycles. The van der Waals surface area contributed by atoms with Gasteiger partial charge in [-0.3, -0.25) is 0 Å². The van der Waals surface area contributed by atoms with Crippen LogP contribution in [0.25, 0.3) is 0 Å². The first-order valence-electron chi connectivity index (χ1n) is 6.60. The molecule has 1 aromatic heterocycles. The Morgan fingerprint density at radius 1 is 1.00 bits per heavy atom. The highest BCUT2D eigenvalue weighted by Crippen LogP contribution is 2.39. The van der Waals surface area contributed by atoms with Gasteiger partial charge in [0, 0.05) is 9.75 Å². The van der Waals surface area contributed by atoms with Gasteiger partial charge in [-0.25, -0.2) is 0 Å². The molecule has 0 aliphatic heterocycles. The molecule has 102 valence electrons. The summed E-state index contributed by atoms with van der Waals surface area (Å²) >= 11 is 5.76. The van der Waals surface area contributed by atoms with E-state index >= 15 is 0 Å². The highest BCUT2D eigenvalue weighted by Gasteiger charge is 2.19. The van der Waals surface area contributed by atoms with Crippen molar-refractivity contribution < 1.29 is 0 Å². The molecule has 0 saturated heterocycles. The lowest BCUT2D eigenvalue weighted by Crippen LogP contribution is -2.07. The molecule has 2 rings (SSSR count). The first-order chi connectivity index (χ1) is 8.77. The van der Waals surface area contributed by atoms with Gasteiger partial charge >= 0.3 is 0 Å². The van der Waals surface area contributed by atoms with Crippen molar-refractivity contribution in [1.82, 2.24) is 0 Å². The van der Waals surface area contributed by atoms with Crippen molar-refractivity contribution in [2.45, 2.75) is 44.9 Å². The second-order valence-corrected chi connectivity index (χ2v) is 8.27. The number of thiophene rings is 1. The number of benzene rings is 1. The largest absolute Gasteiger partial charge is 0.143 e. The third kappa shape index (κ3) is 3.49. The summed E-state index contributed by atoms with van der Waals surface area (Å²) in [6.45, 7) is 11.1. The minimum atomic E-state index is 0.234. The number of halogens is 1. The molecule has 0 bridgehead atoms. The number of aryl methyl sites for hydroxylation is 2. The molecule has 0 fully saturated rings. The van der Waals surface area contributed by atoms with Crippen LogP contribution in [0.1, 0.15) is 52.0 Å². The standard InChI is InChI=1S/C17H21BrS/c1-11-8-12(2)10-13(9-11)16(18)14-6-7-15(19-14)17(3,4)5/h6-10,16H,1-5H3. The first kappa shape index (κ1) is 14.8. The number of hydrogen-bond donors (Lipinski definition) is 0. The van der Waals surface area contributed by atoms with Gasteiger partial charge in [-0.2, -0.15) is 0 Å². The van der Waals surface area contributed by atoms with Gasteiger partial charge in [-0.15, -0.1) is 11.3 Å². The Morgan fingerprint density at radius 3 is 2.05 bits per heavy atom. The maximum absolute atomic E-state index is 3.85. The highest BCUT2D eigenvalue weighted by atomic mass is 79.9. The third-order valence-electron chi connectivity index (χ3n) is 3.15. The maximum Gasteiger partial charge on any atom is 0.0738 e. The smallest absolute Gasteiger partial charge is 0.0738 e. The third-order valence-corrected chi connectivity index (χ3v) is 6.05. The molecule has 0 spiro atoms. The van der Waals surface area contributed by atoms with E-state index in [1.165, 1.54) is 26.4 Å². The summed E-state index contributed by atoms with van der Waals surface area (Å²) < 4.78 is 0. The predicted octanol–water partition coefficient (Wildman–Crippen LogP) is 6.15. The number of hydrogen-bond acceptors (Lipinski definition) is 1. The first-order valence-corrected chi connectivity index (χ1v) is 8.33. The SMILES string of the molecule is Cc1cc(C)cc(C(Br)c2ccc(C(C)(C)C)s2)c1. The van der Waals surface area contributed by atoms with Crippen LogP contribution >= 0.6 is 27.3 Å². The van der Waals surface area contributed by atoms with E-state index in [0.29, 0.717) is 4.83 Å². The van der Waals surface area contributed by atoms with Crippen LogP contribution in [0.3, 0.4) is 0 Å². The van der Waals surface area contributed by atoms with Crippen molar-refractivity contribution in [3.8, 4) is 0 Å². The van der Waals surface area contributed by atoms with Gasteiger partial charge in [-0.1, -0.05) is 66.0 Å². The molecular weight excluding hydrogens is 316 g/mol. The van der Waals surface area contributed by atoms with Crippen LogP contribution in [0.2, 0.25) is 0 Å². The molecule has 0 nitrogen and oxygen atoms in total. The van der Waals surface area contributed by atoms with Crippen LogP contribution in [0, 0.1) is 13.8 Å². The van der Waals surface area contributed by atoms with Crippen molar-refractivity contribution in [3.05, 3.63) is 56.8 Å². The van der Waals surface area contributed by atoms with Crippen LogP contribution in [-0.4, -0.2) is 0 Å². The Labute approximate surface area is 129 Å². The summed E-state index contributed by atoms with van der Waals surface area (Å²) in [5, 5.41) is 0. The Balaban J connectivity index is 2.33. The van der Waals surface area contributed by atoms with Crippen LogP contribution in [0.15, 0.2) is 30.3 Å². The zero-order valence-electron chi connectivity index (χ0n) is 12.3. The van der Waals surface area contributed by atoms with Gasteiger partial charge in [0.1, 0.15) is 0 Å². The topological polar surface area (TPSA) is 0 Å². The molecule has 2 heteroatoms. The number of alkyl halides is 1. The fourth-order valence-corrected chi connectivity index (χ4v) is 3.98. The lowest BCUT2D eigenvalue weighted by molar-refractivity contribution is 0.604. The van der Waals surface area contributed by atoms with Crippen molar-refractivity contribution in [1.29, 1.82) is 0 Å². The normalized spacial score (nSPS) is 13.6. The molecule has 1 aromatic carbocycles. The molecule has 0 saturated carbocycles. The van der Waals surface area contributed by atoms with E-state index in [1.54, 1.807) is 0 Å². The van der Waals surface area contributed by atoms with Crippen molar-refractivity contribution in [3.63, 3.8) is 0 Å². The van der Waals surface area contributed by atoms with Crippen LogP contribution < -0.4 is 0 Å². The van der Waals surface area contributed by atoms with E-state index in [2.05, 4.69) is 80.9 Å². The van der Waals surface area contributed by atoms with E-state index in [9.17, 15) is 0 Å². The van der Waals surface area contributed by atoms with Gasteiger partial charge in [0.2, 0.25) is 0 Å². The quantitative estimate of drug-likeness (QED) is 0.577. The highest BCUT2D eigenvalue weighted by molar-refractivity contribution is 9.09. The summed E-state index contributed by atoms with van der Waals surface area (Å²) in [5.41, 5.74) is 4.23. The van der Waals surface area contributed by atoms with Gasteiger partial charge in [0.15, 0.2) is 0 Å². The van der Waals surface area contributed by atoms with E-state index in [0.717, 1.165) is 0 Å². The molecule has 2 aromatic rings. The molecule has 1 atom stereocenters. The molecule has 0 aliphatic rings. The van der Waals surface area contributed by atoms with Gasteiger partial charge in [0.05, 0.1) is 4.83 Å². The molecule has 0 aliphatic carbocycles. The molecule has 1 unspecified atom stereocenters. The lowest BCUT2D eigenvalue weighted by Gasteiger charge is -2.16. The van der Waals surface area contributed by atoms with Gasteiger partial charge in [-0.05, 0) is 37.0 Å². The monoisotopic (exact) mass is 336 g/mol. The zero-order chi connectivity index (χ0) is 14.2. The Bertz CT molecular complexity index is 555. The van der Waals surface area contributed by atoms with E-state index in [-0.39, 0.29) is 5.41 Å². The van der Waals surface area contributed by atoms with E-state index in [4.69, 9.17) is 0 Å². The summed E-state index contributed by atoms with van der Waals surface area (Å²) in [7, 11) is 0. The molecule has 0 radical (unpaired) electrons. The zero-order valence-corrected chi connectivity index (χ0v) is 14.7. The van der Waals surface area contributed by atoms with Gasteiger partial charge < -0.3 is 0 Å². The predicted molar refractivity (Wildman–Crippen MR) is 89.7 cm³/mol. The summed E-state index contributed by atoms with van der Waals surface area (Å²) in [4.78, 5) is 3.12. The summed E-state index contributed by atoms with van der Waals surface area (Å²) in [5.74, 6) is 0. The second kappa shape index (κ2) is 5.41. The van der Waals surface area contributed by atoms with E-state index in [1.807, 2.05) is 11.3 Å². The minimum Gasteiger partial charge on any atom is -0.143 e. The molecule has 0 N–H and O–H groups in total. The Kier molecular flexibility index (Phi) is 4.22. The Morgan fingerprint density at radius 2 is 1.58 bits per heavy atom. The van der Waals surface area contributed by atoms with Crippen LogP contribution in [0.4, 0.5) is 0 Å². The van der Waals surface area contributed by atoms with Crippen LogP contribution in [0.5, 0.6) is 0 Å². The van der Waals surface area contributed by atoms with E-state index < -0.39 is 0 Å². The number of rotatable bonds is 2. The second-order valence-electron chi connectivity index (χ2n) is 6.24. The average Bonchev–Trinajstić information content (AvgIpc) is 2.75. The summed E-state index contributed by atoms with van der Waals surface area (Å²) in [6.07, 6.45) is 0. The molecule has 19 heavy (non-hydrogen) atoms. The minimum absolute atomic E-state index is 0.234. The van der Waals surface area contributed by atoms with Crippen LogP contribution in [-0.2, 0) is 5.41 Å². The molecular formula is C17H21BrS. The lowest BCUT2D eigenvalue weighted by atomic mass is 9.95.